The van der Waals surface area contributed by atoms with Gasteiger partial charge in [0, 0.05) is 48.3 Å². The van der Waals surface area contributed by atoms with Crippen molar-refractivity contribution in [3.05, 3.63) is 59.9 Å². The maximum Gasteiger partial charge on any atom is 0.272 e. The van der Waals surface area contributed by atoms with Crippen LogP contribution in [0.15, 0.2) is 58.9 Å². The fraction of sp³-hybridized carbons (Fsp3) is 0.350. The van der Waals surface area contributed by atoms with Crippen LogP contribution in [0.4, 0.5) is 14.5 Å². The number of halogens is 2. The summed E-state index contributed by atoms with van der Waals surface area (Å²) >= 11 is -1.50. The summed E-state index contributed by atoms with van der Waals surface area (Å²) in [5.41, 5.74) is 1.72. The third-order valence-electron chi connectivity index (χ3n) is 4.48. The van der Waals surface area contributed by atoms with E-state index >= 15 is 0 Å². The molecule has 32 heavy (non-hydrogen) atoms. The number of pyridine rings is 1. The van der Waals surface area contributed by atoms with Gasteiger partial charge in [-0.3, -0.25) is 13.5 Å². The highest BCUT2D eigenvalue weighted by atomic mass is 32.2. The van der Waals surface area contributed by atoms with Crippen LogP contribution in [0.5, 0.6) is 0 Å². The van der Waals surface area contributed by atoms with E-state index in [-0.39, 0.29) is 12.4 Å². The minimum atomic E-state index is -2.65. The number of hydrogen-bond donors (Lipinski definition) is 0. The third-order valence-corrected chi connectivity index (χ3v) is 7.27. The number of ether oxygens (including phenoxy) is 1. The van der Waals surface area contributed by atoms with Crippen LogP contribution in [0, 0.1) is 0 Å². The molecule has 172 valence electrons. The molecule has 0 amide bonds. The molecule has 1 fully saturated rings. The van der Waals surface area contributed by atoms with Crippen molar-refractivity contribution in [2.45, 2.75) is 13.0 Å². The maximum atomic E-state index is 13.3. The molecule has 0 N–H and O–H groups in total. The second kappa shape index (κ2) is 11.9. The van der Waals surface area contributed by atoms with E-state index in [4.69, 9.17) is 4.74 Å². The largest absolute Gasteiger partial charge is 0.470 e. The minimum absolute atomic E-state index is 0.107. The van der Waals surface area contributed by atoms with Crippen molar-refractivity contribution in [3.8, 4) is 0 Å². The smallest absolute Gasteiger partial charge is 0.272 e. The third kappa shape index (κ3) is 6.71. The summed E-state index contributed by atoms with van der Waals surface area (Å²) in [6.45, 7) is 3.59. The van der Waals surface area contributed by atoms with Crippen LogP contribution in [0.2, 0.25) is 0 Å². The first-order valence-electron chi connectivity index (χ1n) is 9.72. The molecule has 0 saturated carbocycles. The minimum Gasteiger partial charge on any atom is -0.470 e. The van der Waals surface area contributed by atoms with Gasteiger partial charge in [0.05, 0.1) is 23.5 Å². The lowest BCUT2D eigenvalue weighted by atomic mass is 10.2. The second-order valence-electron chi connectivity index (χ2n) is 6.67. The molecule has 0 radical (unpaired) electrons. The van der Waals surface area contributed by atoms with E-state index in [0.717, 1.165) is 5.69 Å². The van der Waals surface area contributed by atoms with Gasteiger partial charge in [-0.15, -0.1) is 5.10 Å². The predicted octanol–water partition coefficient (Wildman–Crippen LogP) is 2.38. The first-order chi connectivity index (χ1) is 15.5. The zero-order valence-electron chi connectivity index (χ0n) is 17.2. The highest BCUT2D eigenvalue weighted by molar-refractivity contribution is 7.86. The Kier molecular flexibility index (Phi) is 8.94. The van der Waals surface area contributed by atoms with E-state index in [2.05, 4.69) is 21.9 Å². The summed E-state index contributed by atoms with van der Waals surface area (Å²) in [6, 6.07) is 12.6. The number of anilines is 1. The molecule has 3 rings (SSSR count). The van der Waals surface area contributed by atoms with Gasteiger partial charge in [-0.2, -0.15) is 5.10 Å². The molecule has 1 atom stereocenters. The van der Waals surface area contributed by atoms with Gasteiger partial charge in [0.15, 0.2) is 17.8 Å². The summed E-state index contributed by atoms with van der Waals surface area (Å²) in [7, 11) is -0.876. The van der Waals surface area contributed by atoms with Crippen molar-refractivity contribution in [1.29, 1.82) is 0 Å². The van der Waals surface area contributed by atoms with Crippen LogP contribution < -0.4 is 4.31 Å². The van der Waals surface area contributed by atoms with Crippen molar-refractivity contribution in [3.63, 3.8) is 0 Å². The first-order valence-corrected chi connectivity index (χ1v) is 12.3. The van der Waals surface area contributed by atoms with E-state index in [1.165, 1.54) is 6.20 Å². The lowest BCUT2D eigenvalue weighted by Gasteiger charge is -2.32. The zero-order chi connectivity index (χ0) is 22.9. The molecule has 0 spiro atoms. The van der Waals surface area contributed by atoms with Crippen molar-refractivity contribution < 1.29 is 21.9 Å². The highest BCUT2D eigenvalue weighted by Crippen LogP contribution is 2.21. The van der Waals surface area contributed by atoms with Crippen LogP contribution in [-0.4, -0.2) is 67.9 Å². The summed E-state index contributed by atoms with van der Waals surface area (Å²) in [4.78, 5) is 4.36. The van der Waals surface area contributed by atoms with Gasteiger partial charge < -0.3 is 4.74 Å². The molecule has 1 aliphatic heterocycles. The first kappa shape index (κ1) is 24.1. The predicted molar refractivity (Wildman–Crippen MR) is 122 cm³/mol. The lowest BCUT2D eigenvalue weighted by molar-refractivity contribution is 0.0765. The standard InChI is InChI=1S/C20H23F2N5O3S2/c1-23-25-20(30-15-19(21)22)16-7-8-17(24-13-16)14-27(18-5-3-2-4-6-18)32(29)26-9-11-31(28)12-10-26/h2-8,13,19H,1,9-12,14-15H2/b25-20-. The Morgan fingerprint density at radius 1 is 1.25 bits per heavy atom. The molecular formula is C20H23F2N5O3S2. The zero-order valence-corrected chi connectivity index (χ0v) is 18.8. The number of benzene rings is 1. The van der Waals surface area contributed by atoms with E-state index in [0.29, 0.717) is 35.9 Å². The fourth-order valence-electron chi connectivity index (χ4n) is 2.92. The Balaban J connectivity index is 1.78. The van der Waals surface area contributed by atoms with Gasteiger partial charge in [0.2, 0.25) is 5.90 Å². The van der Waals surface area contributed by atoms with Crippen LogP contribution in [0.1, 0.15) is 11.3 Å². The number of nitrogens with zero attached hydrogens (tertiary/aromatic N) is 5. The van der Waals surface area contributed by atoms with Crippen LogP contribution >= 0.6 is 0 Å². The number of alkyl halides is 2. The molecule has 12 heteroatoms. The quantitative estimate of drug-likeness (QED) is 0.311. The summed E-state index contributed by atoms with van der Waals surface area (Å²) in [6.07, 6.45) is -1.22. The van der Waals surface area contributed by atoms with Crippen LogP contribution in [0.25, 0.3) is 0 Å². The molecule has 8 nitrogen and oxygen atoms in total. The molecular weight excluding hydrogens is 460 g/mol. The lowest BCUT2D eigenvalue weighted by Crippen LogP contribution is -2.45. The Hall–Kier alpha value is -2.57. The van der Waals surface area contributed by atoms with E-state index in [1.807, 2.05) is 30.3 Å². The van der Waals surface area contributed by atoms with Crippen molar-refractivity contribution in [1.82, 2.24) is 9.29 Å². The average molecular weight is 484 g/mol. The van der Waals surface area contributed by atoms with Gasteiger partial charge in [0.25, 0.3) is 6.43 Å². The topological polar surface area (TPSA) is 87.5 Å². The number of rotatable bonds is 9. The molecule has 1 unspecified atom stereocenters. The Labute approximate surface area is 190 Å². The normalized spacial score (nSPS) is 16.7. The molecule has 2 aromatic rings. The molecule has 0 aliphatic carbocycles. The van der Waals surface area contributed by atoms with Crippen molar-refractivity contribution >= 4 is 40.3 Å². The SMILES string of the molecule is C=N/N=C(\OCC(F)F)c1ccc(CN(c2ccccc2)S(=O)N2CCS(=O)CC2)nc1. The Bertz CT molecular complexity index is 967. The fourth-order valence-corrected chi connectivity index (χ4v) is 5.52. The summed E-state index contributed by atoms with van der Waals surface area (Å²) < 4.78 is 58.4. The second-order valence-corrected chi connectivity index (χ2v) is 9.78. The van der Waals surface area contributed by atoms with Gasteiger partial charge in [-0.1, -0.05) is 18.2 Å². The van der Waals surface area contributed by atoms with Gasteiger partial charge in [-0.25, -0.2) is 17.3 Å². The van der Waals surface area contributed by atoms with Crippen LogP contribution in [0.3, 0.4) is 0 Å². The van der Waals surface area contributed by atoms with Gasteiger partial charge in [0.1, 0.15) is 0 Å². The Morgan fingerprint density at radius 2 is 1.97 bits per heavy atom. The molecule has 1 aromatic heterocycles. The number of hydrogen-bond acceptors (Lipinski definition) is 6. The van der Waals surface area contributed by atoms with E-state index < -0.39 is 35.0 Å². The van der Waals surface area contributed by atoms with Crippen molar-refractivity contribution in [2.75, 3.05) is 35.5 Å². The molecule has 1 aromatic carbocycles. The molecule has 1 saturated heterocycles. The van der Waals surface area contributed by atoms with Gasteiger partial charge in [-0.05, 0) is 24.3 Å². The molecule has 1 aliphatic rings. The average Bonchev–Trinajstić information content (AvgIpc) is 2.81. The number of aromatic nitrogens is 1. The van der Waals surface area contributed by atoms with E-state index in [9.17, 15) is 17.2 Å². The van der Waals surface area contributed by atoms with Gasteiger partial charge >= 0.3 is 0 Å². The summed E-state index contributed by atoms with van der Waals surface area (Å²) in [5, 5.41) is 6.99. The monoisotopic (exact) mass is 483 g/mol. The maximum absolute atomic E-state index is 13.3. The molecule has 2 heterocycles. The van der Waals surface area contributed by atoms with Crippen LogP contribution in [-0.2, 0) is 33.3 Å². The Morgan fingerprint density at radius 3 is 2.56 bits per heavy atom. The van der Waals surface area contributed by atoms with Crippen molar-refractivity contribution in [2.24, 2.45) is 10.2 Å². The molecule has 0 bridgehead atoms. The highest BCUT2D eigenvalue weighted by Gasteiger charge is 2.26. The summed E-state index contributed by atoms with van der Waals surface area (Å²) in [5.74, 6) is 0.864. The van der Waals surface area contributed by atoms with E-state index in [1.54, 1.807) is 20.7 Å². The number of para-hydroxylation sites is 1.